The summed E-state index contributed by atoms with van der Waals surface area (Å²) in [7, 11) is 8.16. The molecule has 1 saturated heterocycles. The van der Waals surface area contributed by atoms with E-state index in [-0.39, 0.29) is 17.7 Å². The van der Waals surface area contributed by atoms with Crippen molar-refractivity contribution in [3.05, 3.63) is 59.7 Å². The number of ether oxygens (including phenoxy) is 1. The molecular weight excluding hydrogens is 502 g/mol. The van der Waals surface area contributed by atoms with Crippen molar-refractivity contribution in [1.82, 2.24) is 20.0 Å². The van der Waals surface area contributed by atoms with Gasteiger partial charge in [0.1, 0.15) is 5.75 Å². The second kappa shape index (κ2) is 14.5. The van der Waals surface area contributed by atoms with Crippen molar-refractivity contribution in [3.8, 4) is 5.75 Å². The van der Waals surface area contributed by atoms with E-state index < -0.39 is 0 Å². The lowest BCUT2D eigenvalue weighted by atomic mass is 9.80. The van der Waals surface area contributed by atoms with Gasteiger partial charge in [-0.2, -0.15) is 0 Å². The van der Waals surface area contributed by atoms with Gasteiger partial charge in [0.25, 0.3) is 0 Å². The molecule has 0 aliphatic carbocycles. The number of rotatable bonds is 8. The summed E-state index contributed by atoms with van der Waals surface area (Å²) in [5.74, 6) is 1.76. The highest BCUT2D eigenvalue weighted by Crippen LogP contribution is 2.32. The standard InChI is InChI=1S/C32H47N5O3/c1-34(2)16-17-35(3)29-12-13-30-28(19-29)21-33-22-32(39)37-15-14-26(27(24-37)11-8-18-40-30)20-31(38)36(4)23-25-9-6-5-7-10-25/h5-7,9-10,12-13,19,26-27,33H,8,11,14-18,20-24H2,1-4H3/t26-,27-/m0/s1. The molecule has 4 rings (SSSR count). The van der Waals surface area contributed by atoms with E-state index in [0.29, 0.717) is 51.7 Å². The van der Waals surface area contributed by atoms with E-state index in [1.54, 1.807) is 0 Å². The highest BCUT2D eigenvalue weighted by atomic mass is 16.5. The van der Waals surface area contributed by atoms with Crippen molar-refractivity contribution in [2.75, 3.05) is 72.4 Å². The Balaban J connectivity index is 1.39. The number of likely N-dealkylation sites (N-methyl/N-ethyl adjacent to an activating group) is 2. The van der Waals surface area contributed by atoms with Crippen molar-refractivity contribution < 1.29 is 14.3 Å². The molecule has 8 nitrogen and oxygen atoms in total. The summed E-state index contributed by atoms with van der Waals surface area (Å²) in [6.45, 7) is 5.47. The molecular formula is C32H47N5O3. The van der Waals surface area contributed by atoms with Gasteiger partial charge >= 0.3 is 0 Å². The van der Waals surface area contributed by atoms with Gasteiger partial charge in [-0.1, -0.05) is 30.3 Å². The zero-order valence-corrected chi connectivity index (χ0v) is 24.8. The van der Waals surface area contributed by atoms with Gasteiger partial charge in [-0.15, -0.1) is 0 Å². The summed E-state index contributed by atoms with van der Waals surface area (Å²) in [5, 5.41) is 3.37. The molecule has 0 saturated carbocycles. The lowest BCUT2D eigenvalue weighted by Crippen LogP contribution is -2.47. The van der Waals surface area contributed by atoms with Crippen LogP contribution in [0.2, 0.25) is 0 Å². The van der Waals surface area contributed by atoms with Gasteiger partial charge in [0.15, 0.2) is 0 Å². The first-order chi connectivity index (χ1) is 19.3. The van der Waals surface area contributed by atoms with Crippen LogP contribution in [0.3, 0.4) is 0 Å². The third kappa shape index (κ3) is 8.45. The Kier molecular flexibility index (Phi) is 10.8. The number of carbonyl (C=O) groups excluding carboxylic acids is 2. The van der Waals surface area contributed by atoms with Crippen LogP contribution in [0.15, 0.2) is 48.5 Å². The average molecular weight is 550 g/mol. The van der Waals surface area contributed by atoms with Crippen molar-refractivity contribution in [2.45, 2.75) is 38.8 Å². The predicted octanol–water partition coefficient (Wildman–Crippen LogP) is 3.46. The molecule has 2 aliphatic heterocycles. The van der Waals surface area contributed by atoms with Crippen LogP contribution in [0.4, 0.5) is 5.69 Å². The normalized spacial score (nSPS) is 20.0. The van der Waals surface area contributed by atoms with E-state index in [1.165, 1.54) is 0 Å². The molecule has 0 spiro atoms. The minimum absolute atomic E-state index is 0.136. The molecule has 2 atom stereocenters. The van der Waals surface area contributed by atoms with Crippen molar-refractivity contribution in [1.29, 1.82) is 0 Å². The number of hydrogen-bond donors (Lipinski definition) is 1. The second-order valence-electron chi connectivity index (χ2n) is 11.7. The quantitative estimate of drug-likeness (QED) is 0.544. The number of fused-ring (bicyclic) bond motifs is 3. The van der Waals surface area contributed by atoms with Gasteiger partial charge in [-0.3, -0.25) is 9.59 Å². The van der Waals surface area contributed by atoms with Crippen LogP contribution >= 0.6 is 0 Å². The maximum Gasteiger partial charge on any atom is 0.236 e. The molecule has 2 amide bonds. The van der Waals surface area contributed by atoms with Crippen LogP contribution in [0.1, 0.15) is 36.8 Å². The van der Waals surface area contributed by atoms with Gasteiger partial charge in [-0.25, -0.2) is 0 Å². The zero-order valence-electron chi connectivity index (χ0n) is 24.8. The zero-order chi connectivity index (χ0) is 28.5. The van der Waals surface area contributed by atoms with Crippen LogP contribution in [0, 0.1) is 11.8 Å². The van der Waals surface area contributed by atoms with E-state index in [0.717, 1.165) is 54.9 Å². The highest BCUT2D eigenvalue weighted by Gasteiger charge is 2.33. The van der Waals surface area contributed by atoms with E-state index in [4.69, 9.17) is 4.74 Å². The van der Waals surface area contributed by atoms with Crippen LogP contribution in [0.25, 0.3) is 0 Å². The first-order valence-corrected chi connectivity index (χ1v) is 14.7. The van der Waals surface area contributed by atoms with Crippen molar-refractivity contribution in [3.63, 3.8) is 0 Å². The third-order valence-corrected chi connectivity index (χ3v) is 8.31. The van der Waals surface area contributed by atoms with Crippen molar-refractivity contribution in [2.24, 2.45) is 11.8 Å². The number of nitrogens with zero attached hydrogens (tertiary/aromatic N) is 4. The lowest BCUT2D eigenvalue weighted by Gasteiger charge is -2.39. The number of nitrogens with one attached hydrogen (secondary N) is 1. The molecule has 1 N–H and O–H groups in total. The molecule has 2 aliphatic rings. The molecule has 0 aromatic heterocycles. The largest absolute Gasteiger partial charge is 0.493 e. The number of amides is 2. The number of piperidine rings is 1. The Morgan fingerprint density at radius 1 is 1.02 bits per heavy atom. The fraction of sp³-hybridized carbons (Fsp3) is 0.562. The monoisotopic (exact) mass is 549 g/mol. The predicted molar refractivity (Wildman–Crippen MR) is 160 cm³/mol. The first kappa shape index (κ1) is 29.9. The fourth-order valence-corrected chi connectivity index (χ4v) is 5.73. The molecule has 2 aromatic rings. The molecule has 218 valence electrons. The topological polar surface area (TPSA) is 68.4 Å². The Morgan fingerprint density at radius 3 is 2.60 bits per heavy atom. The number of benzene rings is 2. The van der Waals surface area contributed by atoms with Crippen molar-refractivity contribution >= 4 is 17.5 Å². The molecule has 0 radical (unpaired) electrons. The molecule has 0 unspecified atom stereocenters. The van der Waals surface area contributed by atoms with Gasteiger partial charge in [0.2, 0.25) is 11.8 Å². The van der Waals surface area contributed by atoms with E-state index >= 15 is 0 Å². The lowest BCUT2D eigenvalue weighted by molar-refractivity contribution is -0.135. The smallest absolute Gasteiger partial charge is 0.236 e. The average Bonchev–Trinajstić information content (AvgIpc) is 2.96. The molecule has 2 bridgehead atoms. The summed E-state index contributed by atoms with van der Waals surface area (Å²) in [4.78, 5) is 34.6. The number of anilines is 1. The van der Waals surface area contributed by atoms with Crippen LogP contribution < -0.4 is 15.0 Å². The Labute approximate surface area is 240 Å². The fourth-order valence-electron chi connectivity index (χ4n) is 5.73. The maximum atomic E-state index is 13.2. The molecule has 8 heteroatoms. The summed E-state index contributed by atoms with van der Waals surface area (Å²) in [6.07, 6.45) is 3.24. The van der Waals surface area contributed by atoms with E-state index in [1.807, 2.05) is 35.0 Å². The summed E-state index contributed by atoms with van der Waals surface area (Å²) < 4.78 is 6.28. The summed E-state index contributed by atoms with van der Waals surface area (Å²) in [5.41, 5.74) is 3.35. The molecule has 2 aromatic carbocycles. The minimum Gasteiger partial charge on any atom is -0.493 e. The van der Waals surface area contributed by atoms with Gasteiger partial charge in [-0.05, 0) is 69.0 Å². The minimum atomic E-state index is 0.136. The third-order valence-electron chi connectivity index (χ3n) is 8.31. The van der Waals surface area contributed by atoms with E-state index in [9.17, 15) is 9.59 Å². The molecule has 1 fully saturated rings. The Hall–Kier alpha value is -3.10. The van der Waals surface area contributed by atoms with Crippen LogP contribution in [0.5, 0.6) is 5.75 Å². The first-order valence-electron chi connectivity index (χ1n) is 14.7. The molecule has 40 heavy (non-hydrogen) atoms. The highest BCUT2D eigenvalue weighted by molar-refractivity contribution is 5.79. The van der Waals surface area contributed by atoms with Crippen LogP contribution in [-0.4, -0.2) is 94.0 Å². The maximum absolute atomic E-state index is 13.2. The second-order valence-corrected chi connectivity index (χ2v) is 11.7. The van der Waals surface area contributed by atoms with Gasteiger partial charge in [0.05, 0.1) is 13.2 Å². The van der Waals surface area contributed by atoms with Gasteiger partial charge in [0, 0.05) is 71.0 Å². The van der Waals surface area contributed by atoms with Gasteiger partial charge < -0.3 is 29.7 Å². The number of carbonyl (C=O) groups is 2. The Bertz CT molecular complexity index is 1110. The summed E-state index contributed by atoms with van der Waals surface area (Å²) >= 11 is 0. The van der Waals surface area contributed by atoms with Crippen LogP contribution in [-0.2, 0) is 22.7 Å². The van der Waals surface area contributed by atoms with E-state index in [2.05, 4.69) is 66.6 Å². The number of hydrogen-bond acceptors (Lipinski definition) is 6. The SMILES string of the molecule is CN(C)CCN(C)c1ccc2c(c1)CNCC(=O)N1CC[C@@H](CC(=O)N(C)Cc3ccccc3)[C@@H](CCCO2)C1. The molecule has 2 heterocycles. The Morgan fingerprint density at radius 2 is 1.82 bits per heavy atom. The summed E-state index contributed by atoms with van der Waals surface area (Å²) in [6, 6.07) is 16.5.